The Morgan fingerprint density at radius 3 is 2.65 bits per heavy atom. The van der Waals surface area contributed by atoms with Crippen LogP contribution in [0.1, 0.15) is 38.3 Å². The van der Waals surface area contributed by atoms with Crippen LogP contribution in [0.3, 0.4) is 0 Å². The van der Waals surface area contributed by atoms with Crippen molar-refractivity contribution >= 4 is 28.8 Å². The van der Waals surface area contributed by atoms with Crippen LogP contribution < -0.4 is 15.4 Å². The van der Waals surface area contributed by atoms with Gasteiger partial charge in [0.05, 0.1) is 6.04 Å². The van der Waals surface area contributed by atoms with Gasteiger partial charge in [-0.2, -0.15) is 10.2 Å². The molecule has 0 saturated carbocycles. The van der Waals surface area contributed by atoms with Crippen LogP contribution in [0.25, 0.3) is 11.2 Å². The van der Waals surface area contributed by atoms with Crippen LogP contribution in [0.2, 0.25) is 0 Å². The number of carbonyl (C=O) groups excluding carboxylic acids is 1. The second kappa shape index (κ2) is 11.5. The summed E-state index contributed by atoms with van der Waals surface area (Å²) >= 11 is 0. The van der Waals surface area contributed by atoms with Gasteiger partial charge in [0.1, 0.15) is 41.4 Å². The number of benzene rings is 1. The van der Waals surface area contributed by atoms with Crippen molar-refractivity contribution in [3.05, 3.63) is 72.6 Å². The summed E-state index contributed by atoms with van der Waals surface area (Å²) in [5.41, 5.74) is 3.62. The van der Waals surface area contributed by atoms with Gasteiger partial charge in [-0.25, -0.2) is 28.2 Å². The smallest absolute Gasteiger partial charge is 0.407 e. The summed E-state index contributed by atoms with van der Waals surface area (Å²) in [6.07, 6.45) is 5.33. The van der Waals surface area contributed by atoms with Crippen molar-refractivity contribution < 1.29 is 18.7 Å². The highest BCUT2D eigenvalue weighted by atomic mass is 19.1. The molecule has 12 nitrogen and oxygen atoms in total. The Morgan fingerprint density at radius 2 is 1.86 bits per heavy atom. The number of amides is 1. The number of piperidine rings is 1. The maximum atomic E-state index is 15.1. The number of aromatic nitrogens is 6. The Labute approximate surface area is 247 Å². The number of likely N-dealkylation sites (tertiary alicyclic amines) is 1. The molecule has 1 amide bonds. The topological polar surface area (TPSA) is 123 Å². The second-order valence-electron chi connectivity index (χ2n) is 11.7. The molecule has 1 fully saturated rings. The fraction of sp³-hybridized carbons (Fsp3) is 0.367. The first-order valence-corrected chi connectivity index (χ1v) is 14.1. The van der Waals surface area contributed by atoms with Crippen molar-refractivity contribution in [2.45, 2.75) is 58.5 Å². The summed E-state index contributed by atoms with van der Waals surface area (Å²) in [7, 11) is 0. The van der Waals surface area contributed by atoms with Crippen LogP contribution in [0.15, 0.2) is 61.4 Å². The van der Waals surface area contributed by atoms with Crippen molar-refractivity contribution in [3.63, 3.8) is 0 Å². The van der Waals surface area contributed by atoms with Gasteiger partial charge >= 0.3 is 6.09 Å². The predicted molar refractivity (Wildman–Crippen MR) is 158 cm³/mol. The summed E-state index contributed by atoms with van der Waals surface area (Å²) < 4.78 is 29.9. The van der Waals surface area contributed by atoms with Gasteiger partial charge < -0.3 is 20.1 Å². The molecule has 224 valence electrons. The summed E-state index contributed by atoms with van der Waals surface area (Å²) in [4.78, 5) is 22.9. The molecule has 43 heavy (non-hydrogen) atoms. The maximum Gasteiger partial charge on any atom is 0.407 e. The molecule has 1 aromatic carbocycles. The number of hydrogen-bond donors (Lipinski definition) is 2. The zero-order valence-corrected chi connectivity index (χ0v) is 24.5. The van der Waals surface area contributed by atoms with E-state index >= 15 is 4.39 Å². The lowest BCUT2D eigenvalue weighted by Gasteiger charge is -2.35. The van der Waals surface area contributed by atoms with E-state index < -0.39 is 23.9 Å². The molecule has 1 aliphatic rings. The van der Waals surface area contributed by atoms with E-state index in [1.54, 1.807) is 36.0 Å². The molecule has 0 aliphatic carbocycles. The van der Waals surface area contributed by atoms with E-state index in [1.165, 1.54) is 12.7 Å². The Bertz CT molecular complexity index is 1760. The molecule has 13 heteroatoms. The molecule has 5 heterocycles. The largest absolute Gasteiger partial charge is 0.457 e. The molecule has 0 spiro atoms. The molecular formula is C30H34FN9O3. The third-order valence-corrected chi connectivity index (χ3v) is 7.18. The van der Waals surface area contributed by atoms with Gasteiger partial charge in [0, 0.05) is 43.8 Å². The van der Waals surface area contributed by atoms with Gasteiger partial charge in [0.25, 0.3) is 0 Å². The first kappa shape index (κ1) is 28.3. The zero-order chi connectivity index (χ0) is 30.1. The maximum absolute atomic E-state index is 15.1. The van der Waals surface area contributed by atoms with Gasteiger partial charge in [-0.3, -0.25) is 4.90 Å². The fourth-order valence-corrected chi connectivity index (χ4v) is 5.18. The van der Waals surface area contributed by atoms with Crippen molar-refractivity contribution in [1.29, 1.82) is 0 Å². The van der Waals surface area contributed by atoms with Crippen LogP contribution in [0, 0.1) is 6.92 Å². The van der Waals surface area contributed by atoms with Gasteiger partial charge in [0.2, 0.25) is 0 Å². The molecule has 2 atom stereocenters. The minimum Gasteiger partial charge on any atom is -0.457 e. The van der Waals surface area contributed by atoms with Crippen molar-refractivity contribution in [1.82, 2.24) is 39.4 Å². The SMILES string of the molecule is Cc1cc(Nc2ncnn3ccc(CN4CCC(NC(=O)OC(C)(C)C)[C@H](F)C4)c23)ccc1Oc1ccn2ncnc2c1. The number of alkyl carbamates (subject to hydrolysis) is 1. The molecule has 0 bridgehead atoms. The highest BCUT2D eigenvalue weighted by molar-refractivity contribution is 5.77. The average Bonchev–Trinajstić information content (AvgIpc) is 3.58. The summed E-state index contributed by atoms with van der Waals surface area (Å²) in [6.45, 7) is 8.65. The first-order chi connectivity index (χ1) is 20.6. The number of hydrogen-bond acceptors (Lipinski definition) is 9. The monoisotopic (exact) mass is 587 g/mol. The molecule has 6 rings (SSSR count). The molecule has 1 aliphatic heterocycles. The molecule has 1 unspecified atom stereocenters. The minimum atomic E-state index is -1.22. The highest BCUT2D eigenvalue weighted by Gasteiger charge is 2.32. The normalized spacial score (nSPS) is 17.7. The average molecular weight is 588 g/mol. The number of rotatable bonds is 7. The van der Waals surface area contributed by atoms with Crippen molar-refractivity contribution in [2.75, 3.05) is 18.4 Å². The lowest BCUT2D eigenvalue weighted by Crippen LogP contribution is -2.52. The Morgan fingerprint density at radius 1 is 1.07 bits per heavy atom. The number of alkyl halides is 1. The second-order valence-corrected chi connectivity index (χ2v) is 11.7. The third kappa shape index (κ3) is 6.51. The third-order valence-electron chi connectivity index (χ3n) is 7.18. The highest BCUT2D eigenvalue weighted by Crippen LogP contribution is 2.30. The van der Waals surface area contributed by atoms with E-state index in [2.05, 4.69) is 30.8 Å². The van der Waals surface area contributed by atoms with Crippen LogP contribution in [0.4, 0.5) is 20.7 Å². The number of ether oxygens (including phenoxy) is 2. The lowest BCUT2D eigenvalue weighted by molar-refractivity contribution is 0.0391. The number of aryl methyl sites for hydroxylation is 1. The van der Waals surface area contributed by atoms with Gasteiger partial charge in [-0.1, -0.05) is 0 Å². The quantitative estimate of drug-likeness (QED) is 0.269. The Balaban J connectivity index is 1.13. The summed E-state index contributed by atoms with van der Waals surface area (Å²) in [5, 5.41) is 14.6. The van der Waals surface area contributed by atoms with E-state index in [0.717, 1.165) is 28.1 Å². The van der Waals surface area contributed by atoms with E-state index in [1.807, 2.05) is 54.4 Å². The van der Waals surface area contributed by atoms with E-state index in [-0.39, 0.29) is 6.54 Å². The van der Waals surface area contributed by atoms with Gasteiger partial charge in [-0.05, 0) is 75.6 Å². The molecule has 4 aromatic heterocycles. The van der Waals surface area contributed by atoms with Crippen LogP contribution in [-0.2, 0) is 11.3 Å². The lowest BCUT2D eigenvalue weighted by atomic mass is 10.0. The van der Waals surface area contributed by atoms with E-state index in [9.17, 15) is 4.79 Å². The number of fused-ring (bicyclic) bond motifs is 2. The van der Waals surface area contributed by atoms with Gasteiger partial charge in [0.15, 0.2) is 11.5 Å². The number of pyridine rings is 1. The number of halogens is 1. The summed E-state index contributed by atoms with van der Waals surface area (Å²) in [6, 6.07) is 10.9. The number of nitrogens with one attached hydrogen (secondary N) is 2. The molecular weight excluding hydrogens is 553 g/mol. The Hall–Kier alpha value is -4.78. The van der Waals surface area contributed by atoms with Crippen LogP contribution in [-0.4, -0.2) is 71.1 Å². The minimum absolute atomic E-state index is 0.193. The fourth-order valence-electron chi connectivity index (χ4n) is 5.18. The van der Waals surface area contributed by atoms with E-state index in [0.29, 0.717) is 36.7 Å². The first-order valence-electron chi connectivity index (χ1n) is 14.1. The van der Waals surface area contributed by atoms with Gasteiger partial charge in [-0.15, -0.1) is 0 Å². The molecule has 2 N–H and O–H groups in total. The molecule has 1 saturated heterocycles. The van der Waals surface area contributed by atoms with Crippen molar-refractivity contribution in [3.8, 4) is 11.5 Å². The van der Waals surface area contributed by atoms with Crippen LogP contribution >= 0.6 is 0 Å². The molecule has 0 radical (unpaired) electrons. The zero-order valence-electron chi connectivity index (χ0n) is 24.5. The predicted octanol–water partition coefficient (Wildman–Crippen LogP) is 5.05. The molecule has 5 aromatic rings. The standard InChI is InChI=1S/C30H34FN9O3/c1-19-13-21(5-6-25(19)42-22-8-12-39-26(14-22)32-17-34-39)36-28-27-20(7-11-40(27)35-18-33-28)15-38-10-9-24(23(31)16-38)37-29(41)43-30(2,3)4/h5-8,11-14,17-18,23-24H,9-10,15-16H2,1-4H3,(H,37,41)(H,33,35,36)/t23-,24?/m1/s1. The Kier molecular flexibility index (Phi) is 7.57. The number of carbonyl (C=O) groups is 1. The summed E-state index contributed by atoms with van der Waals surface area (Å²) in [5.74, 6) is 2.02. The van der Waals surface area contributed by atoms with E-state index in [4.69, 9.17) is 9.47 Å². The van der Waals surface area contributed by atoms with Crippen molar-refractivity contribution in [2.24, 2.45) is 0 Å². The number of anilines is 2. The number of nitrogens with zero attached hydrogens (tertiary/aromatic N) is 7. The van der Waals surface area contributed by atoms with Crippen LogP contribution in [0.5, 0.6) is 11.5 Å².